The average Bonchev–Trinajstić information content (AvgIpc) is 2.49. The lowest BCUT2D eigenvalue weighted by Gasteiger charge is -2.04. The van der Waals surface area contributed by atoms with E-state index in [-0.39, 0.29) is 5.82 Å². The normalized spacial score (nSPS) is 11.5. The molecule has 0 N–H and O–H groups in total. The van der Waals surface area contributed by atoms with Gasteiger partial charge in [0.1, 0.15) is 0 Å². The van der Waals surface area contributed by atoms with E-state index in [4.69, 9.17) is 0 Å². The summed E-state index contributed by atoms with van der Waals surface area (Å²) < 4.78 is 36.7. The largest absolute Gasteiger partial charge is 0.450 e. The first-order valence-electron chi connectivity index (χ1n) is 3.93. The van der Waals surface area contributed by atoms with Gasteiger partial charge in [0.15, 0.2) is 5.82 Å². The van der Waals surface area contributed by atoms with Gasteiger partial charge in [0.25, 0.3) is 0 Å². The van der Waals surface area contributed by atoms with Crippen LogP contribution in [0.3, 0.4) is 0 Å². The molecule has 0 aliphatic heterocycles. The molecule has 1 rings (SSSR count). The molecular weight excluding hydrogens is 213 g/mol. The molecule has 0 fully saturated rings. The molecule has 4 nitrogen and oxygen atoms in total. The van der Waals surface area contributed by atoms with Crippen LogP contribution in [0.5, 0.6) is 0 Å². The van der Waals surface area contributed by atoms with Gasteiger partial charge in [0.05, 0.1) is 6.42 Å². The highest BCUT2D eigenvalue weighted by atomic mass is 19.4. The standard InChI is InChI=1S/C8H7F3N2O2/c1-13-3-2-12-7(13)5(14)4-6(15)8(9,10)11/h2-3H,4H2,1H3. The number of hydrogen-bond donors (Lipinski definition) is 0. The topological polar surface area (TPSA) is 52.0 Å². The number of carbonyl (C=O) groups excluding carboxylic acids is 2. The van der Waals surface area contributed by atoms with Gasteiger partial charge in [0, 0.05) is 19.4 Å². The summed E-state index contributed by atoms with van der Waals surface area (Å²) in [5.41, 5.74) is 0. The van der Waals surface area contributed by atoms with Crippen LogP contribution in [0.4, 0.5) is 13.2 Å². The van der Waals surface area contributed by atoms with Gasteiger partial charge < -0.3 is 4.57 Å². The van der Waals surface area contributed by atoms with E-state index in [1.807, 2.05) is 0 Å². The fraction of sp³-hybridized carbons (Fsp3) is 0.375. The maximum absolute atomic E-state index is 11.8. The summed E-state index contributed by atoms with van der Waals surface area (Å²) in [7, 11) is 1.46. The van der Waals surface area contributed by atoms with Crippen molar-refractivity contribution in [2.45, 2.75) is 12.6 Å². The first-order valence-corrected chi connectivity index (χ1v) is 3.93. The van der Waals surface area contributed by atoms with Gasteiger partial charge in [-0.05, 0) is 0 Å². The number of imidazole rings is 1. The molecule has 82 valence electrons. The lowest BCUT2D eigenvalue weighted by atomic mass is 10.2. The molecule has 0 bridgehead atoms. The Morgan fingerprint density at radius 3 is 2.47 bits per heavy atom. The van der Waals surface area contributed by atoms with Crippen molar-refractivity contribution in [3.05, 3.63) is 18.2 Å². The van der Waals surface area contributed by atoms with E-state index in [2.05, 4.69) is 4.98 Å². The Bertz CT molecular complexity index is 395. The molecular formula is C8H7F3N2O2. The lowest BCUT2D eigenvalue weighted by Crippen LogP contribution is -2.26. The van der Waals surface area contributed by atoms with E-state index in [0.29, 0.717) is 0 Å². The van der Waals surface area contributed by atoms with E-state index < -0.39 is 24.2 Å². The molecule has 1 aromatic heterocycles. The molecule has 7 heteroatoms. The van der Waals surface area contributed by atoms with Gasteiger partial charge >= 0.3 is 6.18 Å². The van der Waals surface area contributed by atoms with Crippen molar-refractivity contribution in [2.75, 3.05) is 0 Å². The van der Waals surface area contributed by atoms with E-state index in [1.165, 1.54) is 24.0 Å². The maximum atomic E-state index is 11.8. The lowest BCUT2D eigenvalue weighted by molar-refractivity contribution is -0.170. The Labute approximate surface area is 82.7 Å². The molecule has 0 saturated carbocycles. The molecule has 0 unspecified atom stereocenters. The zero-order valence-electron chi connectivity index (χ0n) is 7.71. The van der Waals surface area contributed by atoms with Crippen LogP contribution in [0.1, 0.15) is 17.0 Å². The predicted octanol–water partition coefficient (Wildman–Crippen LogP) is 1.12. The highest BCUT2D eigenvalue weighted by molar-refractivity contribution is 6.07. The molecule has 0 saturated heterocycles. The summed E-state index contributed by atoms with van der Waals surface area (Å²) >= 11 is 0. The second-order valence-corrected chi connectivity index (χ2v) is 2.88. The number of aryl methyl sites for hydroxylation is 1. The third kappa shape index (κ3) is 2.64. The highest BCUT2D eigenvalue weighted by Gasteiger charge is 2.39. The van der Waals surface area contributed by atoms with Crippen LogP contribution < -0.4 is 0 Å². The SMILES string of the molecule is Cn1ccnc1C(=O)CC(=O)C(F)(F)F. The second-order valence-electron chi connectivity index (χ2n) is 2.88. The number of carbonyl (C=O) groups is 2. The van der Waals surface area contributed by atoms with Crippen LogP contribution in [0.25, 0.3) is 0 Å². The van der Waals surface area contributed by atoms with Crippen molar-refractivity contribution in [3.8, 4) is 0 Å². The van der Waals surface area contributed by atoms with Gasteiger partial charge in [-0.3, -0.25) is 9.59 Å². The van der Waals surface area contributed by atoms with Gasteiger partial charge in [0.2, 0.25) is 11.6 Å². The van der Waals surface area contributed by atoms with Gasteiger partial charge in [-0.2, -0.15) is 13.2 Å². The van der Waals surface area contributed by atoms with Crippen LogP contribution in [-0.4, -0.2) is 27.3 Å². The number of rotatable bonds is 3. The number of alkyl halides is 3. The van der Waals surface area contributed by atoms with E-state index in [9.17, 15) is 22.8 Å². The number of halogens is 3. The predicted molar refractivity (Wildman–Crippen MR) is 43.2 cm³/mol. The summed E-state index contributed by atoms with van der Waals surface area (Å²) in [5.74, 6) is -3.16. The third-order valence-corrected chi connectivity index (χ3v) is 1.71. The molecule has 1 aromatic rings. The minimum absolute atomic E-state index is 0.160. The summed E-state index contributed by atoms with van der Waals surface area (Å²) in [6, 6.07) is 0. The van der Waals surface area contributed by atoms with Crippen molar-refractivity contribution in [1.29, 1.82) is 0 Å². The van der Waals surface area contributed by atoms with Crippen LogP contribution >= 0.6 is 0 Å². The van der Waals surface area contributed by atoms with Crippen LogP contribution in [0.2, 0.25) is 0 Å². The molecule has 0 amide bonds. The zero-order valence-corrected chi connectivity index (χ0v) is 7.71. The fourth-order valence-electron chi connectivity index (χ4n) is 0.959. The summed E-state index contributed by atoms with van der Waals surface area (Å²) in [6.45, 7) is 0. The maximum Gasteiger partial charge on any atom is 0.450 e. The molecule has 15 heavy (non-hydrogen) atoms. The molecule has 0 aliphatic carbocycles. The van der Waals surface area contributed by atoms with Crippen molar-refractivity contribution in [1.82, 2.24) is 9.55 Å². The molecule has 0 aliphatic rings. The Hall–Kier alpha value is -1.66. The van der Waals surface area contributed by atoms with Crippen LogP contribution in [0.15, 0.2) is 12.4 Å². The molecule has 1 heterocycles. The molecule has 0 radical (unpaired) electrons. The minimum Gasteiger partial charge on any atom is -0.332 e. The van der Waals surface area contributed by atoms with Crippen molar-refractivity contribution >= 4 is 11.6 Å². The van der Waals surface area contributed by atoms with Crippen molar-refractivity contribution < 1.29 is 22.8 Å². The fourth-order valence-corrected chi connectivity index (χ4v) is 0.959. The Morgan fingerprint density at radius 2 is 2.07 bits per heavy atom. The van der Waals surface area contributed by atoms with Crippen molar-refractivity contribution in [2.24, 2.45) is 7.05 Å². The summed E-state index contributed by atoms with van der Waals surface area (Å²) in [6.07, 6.45) is -3.49. The van der Waals surface area contributed by atoms with Gasteiger partial charge in [-0.1, -0.05) is 0 Å². The molecule has 0 atom stereocenters. The number of ketones is 2. The Kier molecular flexibility index (Phi) is 2.92. The van der Waals surface area contributed by atoms with Crippen LogP contribution in [0, 0.1) is 0 Å². The first-order chi connectivity index (χ1) is 6.82. The Morgan fingerprint density at radius 1 is 1.47 bits per heavy atom. The van der Waals surface area contributed by atoms with E-state index in [1.54, 1.807) is 0 Å². The third-order valence-electron chi connectivity index (χ3n) is 1.71. The molecule has 0 aromatic carbocycles. The zero-order chi connectivity index (χ0) is 11.6. The van der Waals surface area contributed by atoms with E-state index in [0.717, 1.165) is 0 Å². The smallest absolute Gasteiger partial charge is 0.332 e. The Balaban J connectivity index is 2.74. The summed E-state index contributed by atoms with van der Waals surface area (Å²) in [5, 5.41) is 0. The highest BCUT2D eigenvalue weighted by Crippen LogP contribution is 2.18. The second kappa shape index (κ2) is 3.84. The van der Waals surface area contributed by atoms with Crippen molar-refractivity contribution in [3.63, 3.8) is 0 Å². The summed E-state index contributed by atoms with van der Waals surface area (Å²) in [4.78, 5) is 25.2. The van der Waals surface area contributed by atoms with Gasteiger partial charge in [-0.25, -0.2) is 4.98 Å². The quantitative estimate of drug-likeness (QED) is 0.566. The first kappa shape index (κ1) is 11.4. The number of Topliss-reactive ketones (excluding diaryl/α,β-unsaturated/α-hetero) is 2. The average molecular weight is 220 g/mol. The minimum atomic E-state index is -4.97. The number of aromatic nitrogens is 2. The monoisotopic (exact) mass is 220 g/mol. The van der Waals surface area contributed by atoms with E-state index >= 15 is 0 Å². The van der Waals surface area contributed by atoms with Crippen LogP contribution in [-0.2, 0) is 11.8 Å². The number of nitrogens with zero attached hydrogens (tertiary/aromatic N) is 2. The molecule has 0 spiro atoms. The number of hydrogen-bond acceptors (Lipinski definition) is 3. The van der Waals surface area contributed by atoms with Gasteiger partial charge in [-0.15, -0.1) is 0 Å².